The molecule has 2 amide bonds. The fourth-order valence-electron chi connectivity index (χ4n) is 3.52. The lowest BCUT2D eigenvalue weighted by atomic mass is 9.92. The molecule has 0 aliphatic heterocycles. The van der Waals surface area contributed by atoms with E-state index in [0.717, 1.165) is 36.8 Å². The van der Waals surface area contributed by atoms with Gasteiger partial charge in [0.1, 0.15) is 17.2 Å². The molecular formula is C20H21FN4O2. The Bertz CT molecular complexity index is 964. The molecule has 0 atom stereocenters. The van der Waals surface area contributed by atoms with E-state index in [1.165, 1.54) is 12.3 Å². The average Bonchev–Trinajstić information content (AvgIpc) is 3.15. The molecule has 7 heteroatoms. The van der Waals surface area contributed by atoms with Crippen LogP contribution in [0.5, 0.6) is 0 Å². The number of nitrogens with one attached hydrogen (secondary N) is 2. The van der Waals surface area contributed by atoms with Gasteiger partial charge in [-0.15, -0.1) is 0 Å². The van der Waals surface area contributed by atoms with Crippen molar-refractivity contribution >= 4 is 22.8 Å². The number of halogens is 1. The molecule has 1 aliphatic rings. The Balaban J connectivity index is 1.50. The van der Waals surface area contributed by atoms with Gasteiger partial charge < -0.3 is 15.5 Å². The molecule has 1 fully saturated rings. The van der Waals surface area contributed by atoms with Crippen molar-refractivity contribution in [3.63, 3.8) is 0 Å². The second-order valence-corrected chi connectivity index (χ2v) is 6.90. The summed E-state index contributed by atoms with van der Waals surface area (Å²) < 4.78 is 19.3. The van der Waals surface area contributed by atoms with Gasteiger partial charge in [0.05, 0.1) is 11.6 Å². The van der Waals surface area contributed by atoms with Crippen molar-refractivity contribution in [3.8, 4) is 11.1 Å². The summed E-state index contributed by atoms with van der Waals surface area (Å²) in [4.78, 5) is 16.5. The number of pyridine rings is 1. The van der Waals surface area contributed by atoms with Crippen molar-refractivity contribution in [2.45, 2.75) is 37.8 Å². The number of anilines is 1. The summed E-state index contributed by atoms with van der Waals surface area (Å²) in [6, 6.07) is 8.27. The Morgan fingerprint density at radius 1 is 1.19 bits per heavy atom. The van der Waals surface area contributed by atoms with Crippen LogP contribution in [0.25, 0.3) is 22.1 Å². The Labute approximate surface area is 155 Å². The molecule has 4 N–H and O–H groups in total. The van der Waals surface area contributed by atoms with Gasteiger partial charge in [-0.3, -0.25) is 5.32 Å². The van der Waals surface area contributed by atoms with Gasteiger partial charge in [0.2, 0.25) is 0 Å². The number of aromatic nitrogens is 1. The summed E-state index contributed by atoms with van der Waals surface area (Å²) in [6.07, 6.45) is 6.66. The Morgan fingerprint density at radius 2 is 2.00 bits per heavy atom. The number of benzene rings is 1. The van der Waals surface area contributed by atoms with E-state index in [1.54, 1.807) is 30.5 Å². The van der Waals surface area contributed by atoms with E-state index in [9.17, 15) is 9.18 Å². The first-order valence-corrected chi connectivity index (χ1v) is 9.05. The van der Waals surface area contributed by atoms with Crippen LogP contribution in [0.3, 0.4) is 0 Å². The summed E-state index contributed by atoms with van der Waals surface area (Å²) in [5.74, 6) is 0.0861. The SMILES string of the molecule is NC1CCC(NC(=O)Nc2cc(-c3ccc(F)c4ccoc34)ccn2)CC1. The molecule has 0 spiro atoms. The normalized spacial score (nSPS) is 19.8. The van der Waals surface area contributed by atoms with Crippen molar-refractivity contribution in [1.29, 1.82) is 0 Å². The third kappa shape index (κ3) is 3.78. The summed E-state index contributed by atoms with van der Waals surface area (Å²) in [6.45, 7) is 0. The topological polar surface area (TPSA) is 93.2 Å². The standard InChI is InChI=1S/C20H21FN4O2/c21-17-6-5-15(19-16(17)8-10-27-19)12-7-9-23-18(11-12)25-20(26)24-14-3-1-13(22)2-4-14/h5-11,13-14H,1-4,22H2,(H2,23,24,25,26). The lowest BCUT2D eigenvalue weighted by Gasteiger charge is -2.26. The van der Waals surface area contributed by atoms with Crippen LogP contribution in [0.2, 0.25) is 0 Å². The average molecular weight is 368 g/mol. The van der Waals surface area contributed by atoms with Gasteiger partial charge in [-0.1, -0.05) is 0 Å². The van der Waals surface area contributed by atoms with E-state index in [1.807, 2.05) is 0 Å². The van der Waals surface area contributed by atoms with Gasteiger partial charge in [-0.25, -0.2) is 14.2 Å². The fraction of sp³-hybridized carbons (Fsp3) is 0.300. The van der Waals surface area contributed by atoms with Gasteiger partial charge in [-0.2, -0.15) is 0 Å². The highest BCUT2D eigenvalue weighted by atomic mass is 19.1. The van der Waals surface area contributed by atoms with E-state index in [0.29, 0.717) is 16.8 Å². The van der Waals surface area contributed by atoms with Gasteiger partial charge in [0.15, 0.2) is 0 Å². The number of fused-ring (bicyclic) bond motifs is 1. The first-order valence-electron chi connectivity index (χ1n) is 9.05. The number of amides is 2. The number of carbonyl (C=O) groups excluding carboxylic acids is 1. The number of hydrogen-bond donors (Lipinski definition) is 3. The molecule has 1 aromatic carbocycles. The zero-order chi connectivity index (χ0) is 18.8. The number of carbonyl (C=O) groups is 1. The molecule has 3 aromatic rings. The van der Waals surface area contributed by atoms with Crippen LogP contribution in [-0.4, -0.2) is 23.1 Å². The van der Waals surface area contributed by atoms with E-state index in [4.69, 9.17) is 10.2 Å². The first kappa shape index (κ1) is 17.5. The minimum absolute atomic E-state index is 0.132. The molecule has 2 heterocycles. The van der Waals surface area contributed by atoms with Gasteiger partial charge in [0, 0.05) is 23.8 Å². The highest BCUT2D eigenvalue weighted by Crippen LogP contribution is 2.31. The number of urea groups is 1. The van der Waals surface area contributed by atoms with Crippen LogP contribution < -0.4 is 16.4 Å². The van der Waals surface area contributed by atoms with E-state index in [-0.39, 0.29) is 23.9 Å². The predicted molar refractivity (Wildman–Crippen MR) is 102 cm³/mol. The maximum atomic E-state index is 13.9. The molecule has 6 nitrogen and oxygen atoms in total. The van der Waals surface area contributed by atoms with E-state index in [2.05, 4.69) is 15.6 Å². The van der Waals surface area contributed by atoms with E-state index < -0.39 is 0 Å². The summed E-state index contributed by atoms with van der Waals surface area (Å²) in [5, 5.41) is 6.16. The fourth-order valence-corrected chi connectivity index (χ4v) is 3.52. The molecular weight excluding hydrogens is 347 g/mol. The van der Waals surface area contributed by atoms with Crippen molar-refractivity contribution in [3.05, 3.63) is 48.6 Å². The largest absolute Gasteiger partial charge is 0.464 e. The van der Waals surface area contributed by atoms with Crippen molar-refractivity contribution in [1.82, 2.24) is 10.3 Å². The predicted octanol–water partition coefficient (Wildman–Crippen LogP) is 4.03. The zero-order valence-electron chi connectivity index (χ0n) is 14.7. The molecule has 0 unspecified atom stereocenters. The van der Waals surface area contributed by atoms with Crippen molar-refractivity contribution < 1.29 is 13.6 Å². The van der Waals surface area contributed by atoms with Crippen molar-refractivity contribution in [2.24, 2.45) is 5.73 Å². The molecule has 0 saturated heterocycles. The Kier molecular flexibility index (Phi) is 4.77. The lowest BCUT2D eigenvalue weighted by Crippen LogP contribution is -2.42. The van der Waals surface area contributed by atoms with Crippen molar-refractivity contribution in [2.75, 3.05) is 5.32 Å². The number of nitrogens with zero attached hydrogens (tertiary/aromatic N) is 1. The molecule has 27 heavy (non-hydrogen) atoms. The zero-order valence-corrected chi connectivity index (χ0v) is 14.7. The first-order chi connectivity index (χ1) is 13.1. The highest BCUT2D eigenvalue weighted by Gasteiger charge is 2.20. The maximum absolute atomic E-state index is 13.9. The maximum Gasteiger partial charge on any atom is 0.320 e. The number of hydrogen-bond acceptors (Lipinski definition) is 4. The quantitative estimate of drug-likeness (QED) is 0.651. The second kappa shape index (κ2) is 7.36. The smallest absolute Gasteiger partial charge is 0.320 e. The monoisotopic (exact) mass is 368 g/mol. The molecule has 1 saturated carbocycles. The summed E-state index contributed by atoms with van der Waals surface area (Å²) in [5.41, 5.74) is 7.88. The van der Waals surface area contributed by atoms with Gasteiger partial charge >= 0.3 is 6.03 Å². The highest BCUT2D eigenvalue weighted by molar-refractivity contribution is 5.94. The van der Waals surface area contributed by atoms with Crippen LogP contribution in [0.4, 0.5) is 15.0 Å². The molecule has 0 bridgehead atoms. The molecule has 2 aromatic heterocycles. The van der Waals surface area contributed by atoms with Crippen LogP contribution in [-0.2, 0) is 0 Å². The third-order valence-corrected chi connectivity index (χ3v) is 4.98. The minimum Gasteiger partial charge on any atom is -0.464 e. The van der Waals surface area contributed by atoms with Crippen LogP contribution in [0, 0.1) is 5.82 Å². The third-order valence-electron chi connectivity index (χ3n) is 4.98. The number of rotatable bonds is 3. The molecule has 140 valence electrons. The molecule has 1 aliphatic carbocycles. The van der Waals surface area contributed by atoms with Gasteiger partial charge in [-0.05, 0) is 61.6 Å². The number of nitrogens with two attached hydrogens (primary N) is 1. The summed E-state index contributed by atoms with van der Waals surface area (Å²) in [7, 11) is 0. The molecule has 0 radical (unpaired) electrons. The van der Waals surface area contributed by atoms with Crippen LogP contribution in [0.1, 0.15) is 25.7 Å². The minimum atomic E-state index is -0.332. The Morgan fingerprint density at radius 3 is 2.81 bits per heavy atom. The second-order valence-electron chi connectivity index (χ2n) is 6.90. The summed E-state index contributed by atoms with van der Waals surface area (Å²) >= 11 is 0. The van der Waals surface area contributed by atoms with E-state index >= 15 is 0 Å². The van der Waals surface area contributed by atoms with Gasteiger partial charge in [0.25, 0.3) is 0 Å². The lowest BCUT2D eigenvalue weighted by molar-refractivity contribution is 0.242. The number of furan rings is 1. The Hall–Kier alpha value is -2.93. The molecule has 4 rings (SSSR count). The van der Waals surface area contributed by atoms with Crippen LogP contribution >= 0.6 is 0 Å². The van der Waals surface area contributed by atoms with Crippen LogP contribution in [0.15, 0.2) is 47.2 Å².